The number of carbonyl (C=O) groups excluding carboxylic acids is 1. The minimum atomic E-state index is -0.102. The molecule has 0 unspecified atom stereocenters. The van der Waals surface area contributed by atoms with Crippen molar-refractivity contribution in [2.24, 2.45) is 0 Å². The van der Waals surface area contributed by atoms with E-state index >= 15 is 0 Å². The fraction of sp³-hybridized carbons (Fsp3) is 0.261. The zero-order valence-electron chi connectivity index (χ0n) is 17.6. The van der Waals surface area contributed by atoms with Gasteiger partial charge in [-0.3, -0.25) is 9.69 Å². The SMILES string of the molecule is Nc1nc(Nc2ccc(C(=O)NCCN3CCOCC3)cc2)ncc1-c1ccccc1Cl. The van der Waals surface area contributed by atoms with E-state index < -0.39 is 0 Å². The van der Waals surface area contributed by atoms with Gasteiger partial charge in [0.25, 0.3) is 5.91 Å². The topological polar surface area (TPSA) is 105 Å². The summed E-state index contributed by atoms with van der Waals surface area (Å²) < 4.78 is 5.33. The lowest BCUT2D eigenvalue weighted by Gasteiger charge is -2.26. The lowest BCUT2D eigenvalue weighted by molar-refractivity contribution is 0.0383. The monoisotopic (exact) mass is 452 g/mol. The molecule has 1 saturated heterocycles. The number of nitrogens with one attached hydrogen (secondary N) is 2. The van der Waals surface area contributed by atoms with Gasteiger partial charge in [0, 0.05) is 59.8 Å². The molecule has 0 atom stereocenters. The number of nitrogens with zero attached hydrogens (tertiary/aromatic N) is 3. The average molecular weight is 453 g/mol. The fourth-order valence-corrected chi connectivity index (χ4v) is 3.67. The third-order valence-electron chi connectivity index (χ3n) is 5.20. The van der Waals surface area contributed by atoms with Gasteiger partial charge in [-0.05, 0) is 30.3 Å². The van der Waals surface area contributed by atoms with Crippen molar-refractivity contribution in [3.8, 4) is 11.1 Å². The van der Waals surface area contributed by atoms with Crippen LogP contribution in [0.25, 0.3) is 11.1 Å². The molecule has 9 heteroatoms. The molecule has 1 aromatic heterocycles. The molecule has 3 aromatic rings. The largest absolute Gasteiger partial charge is 0.383 e. The first kappa shape index (κ1) is 22.0. The Bertz CT molecular complexity index is 1070. The highest BCUT2D eigenvalue weighted by molar-refractivity contribution is 6.33. The summed E-state index contributed by atoms with van der Waals surface area (Å²) in [5, 5.41) is 6.65. The molecule has 32 heavy (non-hydrogen) atoms. The Morgan fingerprint density at radius 3 is 2.56 bits per heavy atom. The number of nitrogens with two attached hydrogens (primary N) is 1. The van der Waals surface area contributed by atoms with E-state index in [-0.39, 0.29) is 5.91 Å². The molecule has 4 rings (SSSR count). The van der Waals surface area contributed by atoms with Crippen molar-refractivity contribution in [1.82, 2.24) is 20.2 Å². The van der Waals surface area contributed by atoms with Crippen molar-refractivity contribution in [1.29, 1.82) is 0 Å². The summed E-state index contributed by atoms with van der Waals surface area (Å²) >= 11 is 6.25. The number of morpholine rings is 1. The molecule has 1 aliphatic rings. The molecular formula is C23H25ClN6O2. The fourth-order valence-electron chi connectivity index (χ4n) is 3.43. The molecular weight excluding hydrogens is 428 g/mol. The van der Waals surface area contributed by atoms with Crippen LogP contribution in [0.1, 0.15) is 10.4 Å². The van der Waals surface area contributed by atoms with Crippen molar-refractivity contribution in [2.75, 3.05) is 50.4 Å². The Labute approximate surface area is 191 Å². The summed E-state index contributed by atoms with van der Waals surface area (Å²) in [7, 11) is 0. The van der Waals surface area contributed by atoms with Gasteiger partial charge in [0.05, 0.1) is 13.2 Å². The molecule has 166 valence electrons. The molecule has 0 spiro atoms. The number of halogens is 1. The van der Waals surface area contributed by atoms with Crippen LogP contribution in [0.4, 0.5) is 17.5 Å². The minimum absolute atomic E-state index is 0.102. The quantitative estimate of drug-likeness (QED) is 0.505. The predicted molar refractivity (Wildman–Crippen MR) is 126 cm³/mol. The molecule has 2 heterocycles. The number of hydrogen-bond donors (Lipinski definition) is 3. The summed E-state index contributed by atoms with van der Waals surface area (Å²) in [4.78, 5) is 23.3. The predicted octanol–water partition coefficient (Wildman–Crippen LogP) is 3.18. The Balaban J connectivity index is 1.33. The van der Waals surface area contributed by atoms with E-state index in [9.17, 15) is 4.79 Å². The maximum absolute atomic E-state index is 12.4. The molecule has 0 saturated carbocycles. The van der Waals surface area contributed by atoms with Gasteiger partial charge in [-0.15, -0.1) is 0 Å². The molecule has 0 bridgehead atoms. The van der Waals surface area contributed by atoms with Crippen LogP contribution < -0.4 is 16.4 Å². The number of nitrogen functional groups attached to an aromatic ring is 1. The Morgan fingerprint density at radius 1 is 1.09 bits per heavy atom. The molecule has 4 N–H and O–H groups in total. The summed E-state index contributed by atoms with van der Waals surface area (Å²) in [6.07, 6.45) is 1.64. The second-order valence-electron chi connectivity index (χ2n) is 7.38. The number of aromatic nitrogens is 2. The van der Waals surface area contributed by atoms with Crippen molar-refractivity contribution in [3.05, 3.63) is 65.3 Å². The van der Waals surface area contributed by atoms with E-state index in [1.165, 1.54) is 0 Å². The van der Waals surface area contributed by atoms with Crippen LogP contribution in [0.15, 0.2) is 54.7 Å². The van der Waals surface area contributed by atoms with E-state index in [1.807, 2.05) is 18.2 Å². The average Bonchev–Trinajstić information content (AvgIpc) is 2.81. The van der Waals surface area contributed by atoms with Crippen LogP contribution in [0.2, 0.25) is 5.02 Å². The highest BCUT2D eigenvalue weighted by atomic mass is 35.5. The van der Waals surface area contributed by atoms with Gasteiger partial charge in [0.1, 0.15) is 5.82 Å². The van der Waals surface area contributed by atoms with E-state index in [0.29, 0.717) is 34.5 Å². The Morgan fingerprint density at radius 2 is 1.84 bits per heavy atom. The third-order valence-corrected chi connectivity index (χ3v) is 5.53. The molecule has 1 amide bonds. The molecule has 0 aliphatic carbocycles. The van der Waals surface area contributed by atoms with Gasteiger partial charge in [-0.25, -0.2) is 4.98 Å². The lowest BCUT2D eigenvalue weighted by Crippen LogP contribution is -2.41. The first-order valence-electron chi connectivity index (χ1n) is 10.4. The van der Waals surface area contributed by atoms with Crippen LogP contribution in [-0.4, -0.2) is 60.2 Å². The number of amides is 1. The van der Waals surface area contributed by atoms with Gasteiger partial charge in [-0.2, -0.15) is 4.98 Å². The minimum Gasteiger partial charge on any atom is -0.383 e. The van der Waals surface area contributed by atoms with Crippen LogP contribution in [0.3, 0.4) is 0 Å². The molecule has 1 aliphatic heterocycles. The maximum Gasteiger partial charge on any atom is 0.251 e. The Kier molecular flexibility index (Phi) is 7.16. The maximum atomic E-state index is 12.4. The van der Waals surface area contributed by atoms with Crippen molar-refractivity contribution < 1.29 is 9.53 Å². The zero-order valence-corrected chi connectivity index (χ0v) is 18.3. The van der Waals surface area contributed by atoms with Crippen LogP contribution in [0, 0.1) is 0 Å². The molecule has 2 aromatic carbocycles. The summed E-state index contributed by atoms with van der Waals surface area (Å²) in [6, 6.07) is 14.5. The highest BCUT2D eigenvalue weighted by Crippen LogP contribution is 2.31. The van der Waals surface area contributed by atoms with Gasteiger partial charge >= 0.3 is 0 Å². The first-order chi connectivity index (χ1) is 15.6. The van der Waals surface area contributed by atoms with Crippen molar-refractivity contribution in [3.63, 3.8) is 0 Å². The van der Waals surface area contributed by atoms with Gasteiger partial charge in [0.2, 0.25) is 5.95 Å². The second-order valence-corrected chi connectivity index (χ2v) is 7.79. The van der Waals surface area contributed by atoms with Crippen LogP contribution in [0.5, 0.6) is 0 Å². The summed E-state index contributed by atoms with van der Waals surface area (Å²) in [6.45, 7) is 4.73. The van der Waals surface area contributed by atoms with Gasteiger partial charge in [0.15, 0.2) is 0 Å². The van der Waals surface area contributed by atoms with E-state index in [2.05, 4.69) is 25.5 Å². The molecule has 8 nitrogen and oxygen atoms in total. The number of carbonyl (C=O) groups is 1. The van der Waals surface area contributed by atoms with Crippen molar-refractivity contribution >= 4 is 35.0 Å². The zero-order chi connectivity index (χ0) is 22.3. The second kappa shape index (κ2) is 10.4. The highest BCUT2D eigenvalue weighted by Gasteiger charge is 2.12. The normalized spacial score (nSPS) is 14.2. The van der Waals surface area contributed by atoms with Crippen molar-refractivity contribution in [2.45, 2.75) is 0 Å². The van der Waals surface area contributed by atoms with E-state index in [0.717, 1.165) is 44.1 Å². The third kappa shape index (κ3) is 5.53. The number of hydrogen-bond acceptors (Lipinski definition) is 7. The number of anilines is 3. The summed E-state index contributed by atoms with van der Waals surface area (Å²) in [5.41, 5.74) is 8.92. The first-order valence-corrected chi connectivity index (χ1v) is 10.8. The number of rotatable bonds is 7. The van der Waals surface area contributed by atoms with Gasteiger partial charge in [-0.1, -0.05) is 29.8 Å². The van der Waals surface area contributed by atoms with E-state index in [1.54, 1.807) is 36.5 Å². The number of benzene rings is 2. The number of ether oxygens (including phenoxy) is 1. The van der Waals surface area contributed by atoms with Crippen LogP contribution >= 0.6 is 11.6 Å². The smallest absolute Gasteiger partial charge is 0.251 e. The van der Waals surface area contributed by atoms with Gasteiger partial charge < -0.3 is 21.1 Å². The lowest BCUT2D eigenvalue weighted by atomic mass is 10.1. The standard InChI is InChI=1S/C23H25ClN6O2/c24-20-4-2-1-3-18(20)19-15-27-23(29-21(19)25)28-17-7-5-16(6-8-17)22(31)26-9-10-30-11-13-32-14-12-30/h1-8,15H,9-14H2,(H,26,31)(H3,25,27,28,29). The Hall–Kier alpha value is -3.20. The summed E-state index contributed by atoms with van der Waals surface area (Å²) in [5.74, 6) is 0.585. The molecule has 0 radical (unpaired) electrons. The van der Waals surface area contributed by atoms with E-state index in [4.69, 9.17) is 22.1 Å². The molecule has 1 fully saturated rings. The van der Waals surface area contributed by atoms with Crippen LogP contribution in [-0.2, 0) is 4.74 Å².